The summed E-state index contributed by atoms with van der Waals surface area (Å²) in [5.74, 6) is -1.35. The van der Waals surface area contributed by atoms with Crippen molar-refractivity contribution in [3.05, 3.63) is 34.9 Å². The molecule has 1 aromatic carbocycles. The molecule has 76 heavy (non-hydrogen) atoms. The molecule has 14 heteroatoms. The number of carbonyl (C=O) groups is 5. The summed E-state index contributed by atoms with van der Waals surface area (Å²) in [6.45, 7) is 13.8. The molecule has 0 radical (unpaired) electrons. The third-order valence-electron chi connectivity index (χ3n) is 14.0. The van der Waals surface area contributed by atoms with Gasteiger partial charge in [-0.3, -0.25) is 19.2 Å². The molecule has 1 aliphatic rings. The van der Waals surface area contributed by atoms with E-state index in [2.05, 4.69) is 37.9 Å². The van der Waals surface area contributed by atoms with Crippen molar-refractivity contribution in [2.75, 3.05) is 46.0 Å². The third kappa shape index (κ3) is 39.6. The van der Waals surface area contributed by atoms with Gasteiger partial charge in [-0.2, -0.15) is 0 Å². The topological polar surface area (TPSA) is 165 Å². The van der Waals surface area contributed by atoms with Crippen molar-refractivity contribution >= 4 is 30.0 Å². The van der Waals surface area contributed by atoms with Crippen molar-refractivity contribution in [2.24, 2.45) is 0 Å². The molecule has 440 valence electrons. The predicted molar refractivity (Wildman–Crippen MR) is 304 cm³/mol. The zero-order valence-corrected chi connectivity index (χ0v) is 48.6. The molecule has 1 saturated heterocycles. The van der Waals surface area contributed by atoms with Crippen molar-refractivity contribution in [3.8, 4) is 0 Å². The van der Waals surface area contributed by atoms with Crippen LogP contribution >= 0.6 is 0 Å². The number of likely N-dealkylation sites (tertiary alicyclic amines) is 1. The van der Waals surface area contributed by atoms with Crippen LogP contribution in [-0.2, 0) is 72.2 Å². The molecule has 0 spiro atoms. The lowest BCUT2D eigenvalue weighted by atomic mass is 10.1. The van der Waals surface area contributed by atoms with Gasteiger partial charge in [0.2, 0.25) is 0 Å². The lowest BCUT2D eigenvalue weighted by molar-refractivity contribution is -0.160. The van der Waals surface area contributed by atoms with Gasteiger partial charge in [0.1, 0.15) is 25.9 Å². The molecule has 1 aliphatic heterocycles. The SMILES string of the molecule is CCCCCCCCCOC(=O)CCCCCC(=O)OCc1cc(COC(=O)CCC(CCCCCC)OC(=O)NCCN2CCCC2)cc(COC(=O)CCC(OCCCCCCCC)OCCCCCCCC)c1.[HH]. The Morgan fingerprint density at radius 3 is 1.34 bits per heavy atom. The largest absolute Gasteiger partial charge is 0.466 e. The van der Waals surface area contributed by atoms with Crippen molar-refractivity contribution in [3.63, 3.8) is 0 Å². The summed E-state index contributed by atoms with van der Waals surface area (Å²) >= 11 is 0. The van der Waals surface area contributed by atoms with E-state index in [0.29, 0.717) is 88.0 Å². The van der Waals surface area contributed by atoms with Crippen LogP contribution in [0.2, 0.25) is 0 Å². The number of alkyl carbamates (subject to hydrolysis) is 1. The molecular weight excluding hydrogens is 965 g/mol. The Kier molecular flexibility index (Phi) is 43.5. The Balaban J connectivity index is 0.0000296. The number of hydrogen-bond donors (Lipinski definition) is 1. The fourth-order valence-electron chi connectivity index (χ4n) is 9.33. The predicted octanol–water partition coefficient (Wildman–Crippen LogP) is 15.1. The Labute approximate surface area is 462 Å². The van der Waals surface area contributed by atoms with Crippen molar-refractivity contribution in [1.82, 2.24) is 10.2 Å². The summed E-state index contributed by atoms with van der Waals surface area (Å²) < 4.78 is 40.8. The summed E-state index contributed by atoms with van der Waals surface area (Å²) in [5, 5.41) is 2.89. The van der Waals surface area contributed by atoms with Crippen LogP contribution in [0.25, 0.3) is 0 Å². The fraction of sp³-hybridized carbons (Fsp3) is 0.823. The highest BCUT2D eigenvalue weighted by atomic mass is 16.7. The number of nitrogens with zero attached hydrogens (tertiary/aromatic N) is 1. The van der Waals surface area contributed by atoms with Crippen LogP contribution in [-0.4, -0.2) is 93.3 Å². The third-order valence-corrected chi connectivity index (χ3v) is 14.0. The summed E-state index contributed by atoms with van der Waals surface area (Å²) in [7, 11) is 0. The Hall–Kier alpha value is -3.75. The summed E-state index contributed by atoms with van der Waals surface area (Å²) in [4.78, 5) is 66.7. The molecule has 14 nitrogen and oxygen atoms in total. The first-order chi connectivity index (χ1) is 37.1. The molecule has 1 heterocycles. The number of carbonyl (C=O) groups excluding carboxylic acids is 5. The van der Waals surface area contributed by atoms with Crippen LogP contribution < -0.4 is 5.32 Å². The maximum absolute atomic E-state index is 13.2. The Morgan fingerprint density at radius 1 is 0.461 bits per heavy atom. The molecule has 1 fully saturated rings. The van der Waals surface area contributed by atoms with E-state index in [9.17, 15) is 24.0 Å². The van der Waals surface area contributed by atoms with Gasteiger partial charge < -0.3 is 43.4 Å². The van der Waals surface area contributed by atoms with E-state index in [1.165, 1.54) is 96.3 Å². The second-order valence-corrected chi connectivity index (χ2v) is 21.2. The number of rotatable bonds is 51. The molecular formula is C62H110N2O12. The first-order valence-electron chi connectivity index (χ1n) is 30.8. The highest BCUT2D eigenvalue weighted by Gasteiger charge is 2.19. The fourth-order valence-corrected chi connectivity index (χ4v) is 9.33. The second-order valence-electron chi connectivity index (χ2n) is 21.2. The first-order valence-corrected chi connectivity index (χ1v) is 30.8. The Bertz CT molecular complexity index is 1610. The zero-order chi connectivity index (χ0) is 54.9. The molecule has 2 rings (SSSR count). The molecule has 1 N–H and O–H groups in total. The number of nitrogens with one attached hydrogen (secondary N) is 1. The van der Waals surface area contributed by atoms with E-state index in [-0.39, 0.29) is 58.4 Å². The van der Waals surface area contributed by atoms with Gasteiger partial charge in [0.25, 0.3) is 0 Å². The number of amides is 1. The van der Waals surface area contributed by atoms with Crippen LogP contribution in [0.4, 0.5) is 4.79 Å². The molecule has 0 aromatic heterocycles. The summed E-state index contributed by atoms with van der Waals surface area (Å²) in [6.07, 6.45) is 31.3. The standard InChI is InChI=1S/C62H108N2O12.H2/c1-5-9-13-17-20-23-30-44-70-57(65)34-26-24-27-35-58(66)73-50-53-47-54(51-74-59(67)37-36-56(33-25-16-12-8-4)76-62(69)63-40-43-64-41-28-29-42-64)49-55(48-53)52-75-60(68)38-39-61(71-45-31-21-18-14-10-6-2)72-46-32-22-19-15-11-7-3;/h47-49,56,61H,5-46,50-52H2,1-4H3,(H,63,69);1H. The van der Waals surface area contributed by atoms with E-state index in [0.717, 1.165) is 83.8 Å². The number of unbranched alkanes of at least 4 members (excludes halogenated alkanes) is 21. The van der Waals surface area contributed by atoms with Gasteiger partial charge in [-0.05, 0) is 112 Å². The maximum Gasteiger partial charge on any atom is 0.407 e. The highest BCUT2D eigenvalue weighted by molar-refractivity contribution is 5.71. The van der Waals surface area contributed by atoms with Crippen molar-refractivity contribution in [2.45, 2.75) is 285 Å². The second kappa shape index (κ2) is 48.4. The van der Waals surface area contributed by atoms with E-state index >= 15 is 0 Å². The van der Waals surface area contributed by atoms with Gasteiger partial charge in [-0.15, -0.1) is 0 Å². The van der Waals surface area contributed by atoms with Crippen molar-refractivity contribution in [1.29, 1.82) is 0 Å². The first kappa shape index (κ1) is 68.4. The van der Waals surface area contributed by atoms with Crippen LogP contribution in [0.5, 0.6) is 0 Å². The van der Waals surface area contributed by atoms with E-state index < -0.39 is 24.5 Å². The minimum absolute atomic E-state index is 0. The smallest absolute Gasteiger partial charge is 0.407 e. The highest BCUT2D eigenvalue weighted by Crippen LogP contribution is 2.19. The molecule has 0 aliphatic carbocycles. The van der Waals surface area contributed by atoms with E-state index in [4.69, 9.17) is 33.2 Å². The van der Waals surface area contributed by atoms with Gasteiger partial charge >= 0.3 is 30.0 Å². The van der Waals surface area contributed by atoms with Gasteiger partial charge in [-0.1, -0.05) is 156 Å². The van der Waals surface area contributed by atoms with Gasteiger partial charge in [-0.25, -0.2) is 4.79 Å². The number of benzene rings is 1. The normalized spacial score (nSPS) is 13.0. The van der Waals surface area contributed by atoms with Crippen LogP contribution in [0, 0.1) is 0 Å². The van der Waals surface area contributed by atoms with Gasteiger partial charge in [0.15, 0.2) is 6.29 Å². The average Bonchev–Trinajstić information content (AvgIpc) is 3.94. The molecule has 0 saturated carbocycles. The molecule has 1 unspecified atom stereocenters. The Morgan fingerprint density at radius 2 is 0.855 bits per heavy atom. The minimum Gasteiger partial charge on any atom is -0.466 e. The van der Waals surface area contributed by atoms with Crippen LogP contribution in [0.15, 0.2) is 18.2 Å². The summed E-state index contributed by atoms with van der Waals surface area (Å²) in [6, 6.07) is 5.48. The lowest BCUT2D eigenvalue weighted by Gasteiger charge is -2.19. The average molecular weight is 1080 g/mol. The number of hydrogen-bond acceptors (Lipinski definition) is 13. The van der Waals surface area contributed by atoms with E-state index in [1.54, 1.807) is 0 Å². The van der Waals surface area contributed by atoms with Gasteiger partial charge in [0, 0.05) is 53.4 Å². The minimum atomic E-state index is -0.483. The molecule has 1 aromatic rings. The molecule has 1 atom stereocenters. The number of ether oxygens (including phenoxy) is 7. The van der Waals surface area contributed by atoms with Crippen LogP contribution in [0.1, 0.15) is 271 Å². The van der Waals surface area contributed by atoms with Crippen molar-refractivity contribution < 1.29 is 58.6 Å². The van der Waals surface area contributed by atoms with E-state index in [1.807, 2.05) is 18.2 Å². The monoisotopic (exact) mass is 1070 g/mol. The quantitative estimate of drug-likeness (QED) is 0.0284. The molecule has 1 amide bonds. The van der Waals surface area contributed by atoms with Crippen LogP contribution in [0.3, 0.4) is 0 Å². The lowest BCUT2D eigenvalue weighted by Crippen LogP contribution is -2.35. The number of esters is 4. The zero-order valence-electron chi connectivity index (χ0n) is 48.6. The maximum atomic E-state index is 13.2. The summed E-state index contributed by atoms with van der Waals surface area (Å²) in [5.41, 5.74) is 1.99. The van der Waals surface area contributed by atoms with Gasteiger partial charge in [0.05, 0.1) is 13.0 Å². The molecule has 0 bridgehead atoms.